The van der Waals surface area contributed by atoms with E-state index in [1.54, 1.807) is 6.92 Å². The van der Waals surface area contributed by atoms with Crippen LogP contribution in [0.25, 0.3) is 11.3 Å². The fraction of sp³-hybridized carbons (Fsp3) is 0.292. The number of furan rings is 1. The summed E-state index contributed by atoms with van der Waals surface area (Å²) in [7, 11) is 0. The molecule has 0 aliphatic carbocycles. The number of aryl methyl sites for hydroxylation is 4. The molecule has 1 unspecified atom stereocenters. The Morgan fingerprint density at radius 1 is 1.10 bits per heavy atom. The first-order valence-electron chi connectivity index (χ1n) is 9.71. The molecule has 0 saturated heterocycles. The number of carboxylic acids is 1. The van der Waals surface area contributed by atoms with Crippen LogP contribution in [0.3, 0.4) is 0 Å². The first kappa shape index (κ1) is 21.0. The van der Waals surface area contributed by atoms with Crippen LogP contribution in [0.2, 0.25) is 5.02 Å². The van der Waals surface area contributed by atoms with Crippen LogP contribution < -0.4 is 4.74 Å². The molecule has 0 fully saturated rings. The normalized spacial score (nSPS) is 12.0. The van der Waals surface area contributed by atoms with Crippen LogP contribution >= 0.6 is 11.6 Å². The van der Waals surface area contributed by atoms with Gasteiger partial charge >= 0.3 is 5.97 Å². The summed E-state index contributed by atoms with van der Waals surface area (Å²) in [4.78, 5) is 11.2. The van der Waals surface area contributed by atoms with Gasteiger partial charge in [0.05, 0.1) is 0 Å². The van der Waals surface area contributed by atoms with Gasteiger partial charge in [-0.3, -0.25) is 0 Å². The highest BCUT2D eigenvalue weighted by Crippen LogP contribution is 2.28. The molecule has 0 amide bonds. The summed E-state index contributed by atoms with van der Waals surface area (Å²) in [5.41, 5.74) is 4.29. The number of ether oxygens (including phenoxy) is 1. The van der Waals surface area contributed by atoms with Crippen molar-refractivity contribution in [1.29, 1.82) is 0 Å². The standard InChI is InChI=1S/C24H25ClO4/c1-4-21(24(26)27)29-22-12-6-17(13-15(22)2)5-7-19-14-23(28-16(19)3)18-8-10-20(25)11-9-18/h6,8-14,21H,4-5,7H2,1-3H3,(H,26,27). The van der Waals surface area contributed by atoms with Crippen molar-refractivity contribution >= 4 is 17.6 Å². The zero-order valence-corrected chi connectivity index (χ0v) is 17.6. The SMILES string of the molecule is CCC(Oc1ccc(CCc2cc(-c3ccc(Cl)cc3)oc2C)cc1C)C(=O)O. The van der Waals surface area contributed by atoms with E-state index in [4.69, 9.17) is 20.8 Å². The molecule has 0 bridgehead atoms. The summed E-state index contributed by atoms with van der Waals surface area (Å²) in [5, 5.41) is 9.88. The van der Waals surface area contributed by atoms with E-state index in [1.807, 2.05) is 50.2 Å². The molecule has 152 valence electrons. The van der Waals surface area contributed by atoms with Gasteiger partial charge in [0, 0.05) is 10.6 Å². The van der Waals surface area contributed by atoms with E-state index < -0.39 is 12.1 Å². The third kappa shape index (κ3) is 5.21. The zero-order chi connectivity index (χ0) is 21.0. The highest BCUT2D eigenvalue weighted by Gasteiger charge is 2.18. The molecular weight excluding hydrogens is 388 g/mol. The Hall–Kier alpha value is -2.72. The second kappa shape index (κ2) is 9.19. The predicted octanol–water partition coefficient (Wildman–Crippen LogP) is 6.24. The first-order valence-corrected chi connectivity index (χ1v) is 10.1. The minimum absolute atomic E-state index is 0.423. The lowest BCUT2D eigenvalue weighted by Gasteiger charge is -2.15. The van der Waals surface area contributed by atoms with Crippen LogP contribution in [0.5, 0.6) is 5.75 Å². The Morgan fingerprint density at radius 3 is 2.45 bits per heavy atom. The Balaban J connectivity index is 1.68. The topological polar surface area (TPSA) is 59.7 Å². The van der Waals surface area contributed by atoms with Crippen molar-refractivity contribution in [3.05, 3.63) is 76.0 Å². The Morgan fingerprint density at radius 2 is 1.83 bits per heavy atom. The minimum atomic E-state index is -0.942. The summed E-state index contributed by atoms with van der Waals surface area (Å²) >= 11 is 5.96. The van der Waals surface area contributed by atoms with Gasteiger partial charge in [0.25, 0.3) is 0 Å². The van der Waals surface area contributed by atoms with Crippen molar-refractivity contribution < 1.29 is 19.1 Å². The molecule has 0 radical (unpaired) electrons. The second-order valence-electron chi connectivity index (χ2n) is 7.15. The molecule has 4 nitrogen and oxygen atoms in total. The third-order valence-corrected chi connectivity index (χ3v) is 5.24. The lowest BCUT2D eigenvalue weighted by Crippen LogP contribution is -2.26. The molecule has 1 heterocycles. The van der Waals surface area contributed by atoms with Crippen molar-refractivity contribution in [3.8, 4) is 17.1 Å². The van der Waals surface area contributed by atoms with Crippen LogP contribution in [-0.4, -0.2) is 17.2 Å². The second-order valence-corrected chi connectivity index (χ2v) is 7.59. The molecule has 29 heavy (non-hydrogen) atoms. The quantitative estimate of drug-likeness (QED) is 0.475. The van der Waals surface area contributed by atoms with Crippen LogP contribution in [0.15, 0.2) is 52.9 Å². The number of rotatable bonds is 8. The molecule has 3 aromatic rings. The number of hydrogen-bond donors (Lipinski definition) is 1. The zero-order valence-electron chi connectivity index (χ0n) is 16.9. The highest BCUT2D eigenvalue weighted by atomic mass is 35.5. The summed E-state index contributed by atoms with van der Waals surface area (Å²) in [6.07, 6.45) is 1.32. The summed E-state index contributed by atoms with van der Waals surface area (Å²) in [6.45, 7) is 5.72. The fourth-order valence-corrected chi connectivity index (χ4v) is 3.39. The Kier molecular flexibility index (Phi) is 6.65. The monoisotopic (exact) mass is 412 g/mol. The van der Waals surface area contributed by atoms with Gasteiger partial charge in [0.15, 0.2) is 6.10 Å². The maximum absolute atomic E-state index is 11.2. The average molecular weight is 413 g/mol. The number of benzene rings is 2. The summed E-state index contributed by atoms with van der Waals surface area (Å²) < 4.78 is 11.6. The van der Waals surface area contributed by atoms with E-state index in [0.29, 0.717) is 17.2 Å². The first-order chi connectivity index (χ1) is 13.9. The molecule has 5 heteroatoms. The summed E-state index contributed by atoms with van der Waals surface area (Å²) in [6, 6.07) is 15.6. The number of hydrogen-bond acceptors (Lipinski definition) is 3. The number of halogens is 1. The van der Waals surface area contributed by atoms with Crippen molar-refractivity contribution in [3.63, 3.8) is 0 Å². The maximum Gasteiger partial charge on any atom is 0.344 e. The predicted molar refractivity (Wildman–Crippen MR) is 115 cm³/mol. The van der Waals surface area contributed by atoms with E-state index in [1.165, 1.54) is 11.1 Å². The average Bonchev–Trinajstić information content (AvgIpc) is 3.06. The van der Waals surface area contributed by atoms with E-state index in [0.717, 1.165) is 35.5 Å². The molecule has 1 atom stereocenters. The maximum atomic E-state index is 11.2. The molecule has 0 spiro atoms. The van der Waals surface area contributed by atoms with Crippen LogP contribution in [0.4, 0.5) is 0 Å². The number of carbonyl (C=O) groups is 1. The third-order valence-electron chi connectivity index (χ3n) is 4.99. The molecule has 0 aliphatic rings. The highest BCUT2D eigenvalue weighted by molar-refractivity contribution is 6.30. The van der Waals surface area contributed by atoms with E-state index in [-0.39, 0.29) is 0 Å². The molecular formula is C24H25ClO4. The van der Waals surface area contributed by atoms with Gasteiger partial charge < -0.3 is 14.3 Å². The fourth-order valence-electron chi connectivity index (χ4n) is 3.26. The molecule has 2 aromatic carbocycles. The van der Waals surface area contributed by atoms with E-state index >= 15 is 0 Å². The smallest absolute Gasteiger partial charge is 0.344 e. The number of carboxylic acid groups (broad SMARTS) is 1. The largest absolute Gasteiger partial charge is 0.479 e. The van der Waals surface area contributed by atoms with Gasteiger partial charge in [0.1, 0.15) is 17.3 Å². The van der Waals surface area contributed by atoms with Crippen molar-refractivity contribution in [1.82, 2.24) is 0 Å². The molecule has 0 saturated carbocycles. The van der Waals surface area contributed by atoms with Gasteiger partial charge in [-0.15, -0.1) is 0 Å². The molecule has 0 aliphatic heterocycles. The Labute approximate surface area is 176 Å². The lowest BCUT2D eigenvalue weighted by atomic mass is 10.0. The van der Waals surface area contributed by atoms with E-state index in [2.05, 4.69) is 12.1 Å². The van der Waals surface area contributed by atoms with E-state index in [9.17, 15) is 9.90 Å². The minimum Gasteiger partial charge on any atom is -0.479 e. The van der Waals surface area contributed by atoms with Crippen LogP contribution in [0, 0.1) is 13.8 Å². The van der Waals surface area contributed by atoms with Crippen LogP contribution in [-0.2, 0) is 17.6 Å². The Bertz CT molecular complexity index is 989. The lowest BCUT2D eigenvalue weighted by molar-refractivity contribution is -0.145. The van der Waals surface area contributed by atoms with Gasteiger partial charge in [-0.2, -0.15) is 0 Å². The number of aliphatic carboxylic acids is 1. The van der Waals surface area contributed by atoms with Crippen molar-refractivity contribution in [2.24, 2.45) is 0 Å². The van der Waals surface area contributed by atoms with Gasteiger partial charge in [0.2, 0.25) is 0 Å². The van der Waals surface area contributed by atoms with Crippen molar-refractivity contribution in [2.75, 3.05) is 0 Å². The molecule has 1 N–H and O–H groups in total. The van der Waals surface area contributed by atoms with Gasteiger partial charge in [-0.05, 0) is 86.2 Å². The summed E-state index contributed by atoms with van der Waals surface area (Å²) in [5.74, 6) is 1.43. The van der Waals surface area contributed by atoms with Crippen LogP contribution in [0.1, 0.15) is 35.8 Å². The van der Waals surface area contributed by atoms with Gasteiger partial charge in [-0.1, -0.05) is 30.7 Å². The molecule has 1 aromatic heterocycles. The molecule has 3 rings (SSSR count). The van der Waals surface area contributed by atoms with Gasteiger partial charge in [-0.25, -0.2) is 4.79 Å². The van der Waals surface area contributed by atoms with Crippen molar-refractivity contribution in [2.45, 2.75) is 46.1 Å².